The highest BCUT2D eigenvalue weighted by Crippen LogP contribution is 2.60. The number of hydrogen-bond donors (Lipinski definition) is 3. The van der Waals surface area contributed by atoms with Crippen molar-refractivity contribution in [1.82, 2.24) is 20.3 Å². The van der Waals surface area contributed by atoms with Crippen molar-refractivity contribution in [2.45, 2.75) is 120 Å². The maximum absolute atomic E-state index is 9.83. The molecular weight excluding hydrogens is 607 g/mol. The van der Waals surface area contributed by atoms with Gasteiger partial charge in [-0.25, -0.2) is 9.97 Å². The van der Waals surface area contributed by atoms with Gasteiger partial charge in [-0.2, -0.15) is 10.2 Å². The van der Waals surface area contributed by atoms with Crippen LogP contribution in [-0.4, -0.2) is 54.8 Å². The van der Waals surface area contributed by atoms with E-state index in [4.69, 9.17) is 9.41 Å². The van der Waals surface area contributed by atoms with Gasteiger partial charge in [0, 0.05) is 37.0 Å². The Morgan fingerprint density at radius 1 is 1.07 bits per heavy atom. The third kappa shape index (κ3) is 7.43. The van der Waals surface area contributed by atoms with Crippen LogP contribution in [0.1, 0.15) is 89.7 Å². The molecule has 5 aliphatic rings. The van der Waals surface area contributed by atoms with E-state index in [-0.39, 0.29) is 5.04 Å². The second-order valence-electron chi connectivity index (χ2n) is 16.4. The van der Waals surface area contributed by atoms with Crippen LogP contribution in [0.2, 0.25) is 18.1 Å². The summed E-state index contributed by atoms with van der Waals surface area (Å²) in [5, 5.41) is 22.2. The van der Waals surface area contributed by atoms with Crippen LogP contribution in [0.25, 0.3) is 0 Å². The molecule has 3 unspecified atom stereocenters. The molecule has 0 spiro atoms. The van der Waals surface area contributed by atoms with E-state index in [1.54, 1.807) is 18.0 Å². The summed E-state index contributed by atoms with van der Waals surface area (Å²) < 4.78 is 6.77. The minimum absolute atomic E-state index is 0.281. The van der Waals surface area contributed by atoms with Crippen LogP contribution in [-0.2, 0) is 11.0 Å². The summed E-state index contributed by atoms with van der Waals surface area (Å²) in [4.78, 5) is 13.6. The first-order valence-corrected chi connectivity index (χ1v) is 21.7. The summed E-state index contributed by atoms with van der Waals surface area (Å²) in [5.41, 5.74) is 1.91. The number of anilines is 2. The first-order chi connectivity index (χ1) is 22.0. The summed E-state index contributed by atoms with van der Waals surface area (Å²) in [6.45, 7) is 14.5. The molecular formula is C36H55N7OSSi. The van der Waals surface area contributed by atoms with Gasteiger partial charge in [-0.15, -0.1) is 11.8 Å². The summed E-state index contributed by atoms with van der Waals surface area (Å²) in [7, 11) is -1.69. The van der Waals surface area contributed by atoms with Crippen molar-refractivity contribution in [3.8, 4) is 6.07 Å². The van der Waals surface area contributed by atoms with Crippen LogP contribution in [0.15, 0.2) is 29.6 Å². The van der Waals surface area contributed by atoms with Gasteiger partial charge < -0.3 is 20.4 Å². The SMILES string of the molecule is CSc1ncccc1CNc1ncc(C#N)c(NCC23CC4C[C@H](C2)C(NCC2CCC(O[Si](C)(C)C(C)(C)C)CC2)[C@@H](C4)C3)n1. The van der Waals surface area contributed by atoms with Gasteiger partial charge >= 0.3 is 0 Å². The van der Waals surface area contributed by atoms with Crippen molar-refractivity contribution in [2.75, 3.05) is 30.0 Å². The van der Waals surface area contributed by atoms with E-state index in [9.17, 15) is 5.26 Å². The Balaban J connectivity index is 1.01. The van der Waals surface area contributed by atoms with Crippen molar-refractivity contribution >= 4 is 31.8 Å². The Hall–Kier alpha value is -2.19. The van der Waals surface area contributed by atoms with Gasteiger partial charge in [0.25, 0.3) is 0 Å². The Morgan fingerprint density at radius 2 is 1.80 bits per heavy atom. The van der Waals surface area contributed by atoms with Gasteiger partial charge in [0.1, 0.15) is 22.5 Å². The van der Waals surface area contributed by atoms with Gasteiger partial charge in [0.05, 0.1) is 6.20 Å². The second-order valence-corrected chi connectivity index (χ2v) is 21.9. The molecule has 5 aliphatic carbocycles. The van der Waals surface area contributed by atoms with Crippen LogP contribution in [0.5, 0.6) is 0 Å². The lowest BCUT2D eigenvalue weighted by Crippen LogP contribution is -2.60. The fraction of sp³-hybridized carbons (Fsp3) is 0.722. The topological polar surface area (TPSA) is 108 Å². The lowest BCUT2D eigenvalue weighted by atomic mass is 9.48. The highest BCUT2D eigenvalue weighted by molar-refractivity contribution is 7.98. The van der Waals surface area contributed by atoms with E-state index in [0.29, 0.717) is 41.4 Å². The molecule has 0 aliphatic heterocycles. The smallest absolute Gasteiger partial charge is 0.224 e. The van der Waals surface area contributed by atoms with Crippen LogP contribution >= 0.6 is 11.8 Å². The zero-order chi connectivity index (χ0) is 32.5. The maximum Gasteiger partial charge on any atom is 0.224 e. The van der Waals surface area contributed by atoms with Crippen LogP contribution in [0.3, 0.4) is 0 Å². The molecule has 5 fully saturated rings. The van der Waals surface area contributed by atoms with Crippen molar-refractivity contribution in [2.24, 2.45) is 29.1 Å². The maximum atomic E-state index is 9.83. The molecule has 3 N–H and O–H groups in total. The molecule has 46 heavy (non-hydrogen) atoms. The summed E-state index contributed by atoms with van der Waals surface area (Å²) in [6, 6.07) is 6.99. The first-order valence-electron chi connectivity index (χ1n) is 17.6. The van der Waals surface area contributed by atoms with Gasteiger partial charge in [0.15, 0.2) is 8.32 Å². The molecule has 10 heteroatoms. The van der Waals surface area contributed by atoms with Gasteiger partial charge in [-0.3, -0.25) is 0 Å². The van der Waals surface area contributed by atoms with E-state index in [1.165, 1.54) is 64.3 Å². The van der Waals surface area contributed by atoms with Crippen molar-refractivity contribution in [3.63, 3.8) is 0 Å². The predicted octanol–water partition coefficient (Wildman–Crippen LogP) is 7.85. The Bertz CT molecular complexity index is 1380. The second kappa shape index (κ2) is 13.7. The fourth-order valence-electron chi connectivity index (χ4n) is 8.96. The zero-order valence-corrected chi connectivity index (χ0v) is 30.7. The van der Waals surface area contributed by atoms with Crippen molar-refractivity contribution in [1.29, 1.82) is 5.26 Å². The van der Waals surface area contributed by atoms with Gasteiger partial charge in [0.2, 0.25) is 5.95 Å². The average Bonchev–Trinajstić information content (AvgIpc) is 3.02. The molecule has 5 saturated carbocycles. The number of nitrogens with zero attached hydrogens (tertiary/aromatic N) is 4. The molecule has 8 nitrogen and oxygen atoms in total. The summed E-state index contributed by atoms with van der Waals surface area (Å²) >= 11 is 1.63. The van der Waals surface area contributed by atoms with Crippen molar-refractivity contribution in [3.05, 3.63) is 35.7 Å². The summed E-state index contributed by atoms with van der Waals surface area (Å²) in [6.07, 6.45) is 17.6. The van der Waals surface area contributed by atoms with Crippen LogP contribution in [0, 0.1) is 40.4 Å². The lowest BCUT2D eigenvalue weighted by Gasteiger charge is -2.60. The minimum Gasteiger partial charge on any atom is -0.414 e. The molecule has 0 aromatic carbocycles. The monoisotopic (exact) mass is 661 g/mol. The molecule has 4 bridgehead atoms. The van der Waals surface area contributed by atoms with Crippen LogP contribution in [0.4, 0.5) is 11.8 Å². The molecule has 2 aromatic heterocycles. The molecule has 2 aromatic rings. The van der Waals surface area contributed by atoms with E-state index < -0.39 is 8.32 Å². The molecule has 7 rings (SSSR count). The number of thioether (sulfide) groups is 1. The third-order valence-electron chi connectivity index (χ3n) is 12.1. The van der Waals surface area contributed by atoms with Gasteiger partial charge in [-0.05, 0) is 124 Å². The number of rotatable bonds is 12. The summed E-state index contributed by atoms with van der Waals surface area (Å²) in [5.74, 6) is 4.32. The fourth-order valence-corrected chi connectivity index (χ4v) is 11.0. The Kier molecular flexibility index (Phi) is 10.1. The number of hydrogen-bond acceptors (Lipinski definition) is 9. The number of nitrogens with one attached hydrogen (secondary N) is 3. The normalized spacial score (nSPS) is 30.6. The minimum atomic E-state index is -1.69. The number of aromatic nitrogens is 3. The van der Waals surface area contributed by atoms with E-state index in [2.05, 4.69) is 71.9 Å². The Labute approximate surface area is 282 Å². The molecule has 0 saturated heterocycles. The lowest BCUT2D eigenvalue weighted by molar-refractivity contribution is -0.0704. The van der Waals surface area contributed by atoms with Crippen LogP contribution < -0.4 is 16.0 Å². The number of pyridine rings is 1. The average molecular weight is 662 g/mol. The quantitative estimate of drug-likeness (QED) is 0.155. The highest BCUT2D eigenvalue weighted by Gasteiger charge is 2.55. The Morgan fingerprint density at radius 3 is 2.48 bits per heavy atom. The first kappa shape index (κ1) is 33.7. The van der Waals surface area contributed by atoms with E-state index in [0.717, 1.165) is 40.8 Å². The van der Waals surface area contributed by atoms with Gasteiger partial charge in [-0.1, -0.05) is 26.8 Å². The molecule has 5 atom stereocenters. The van der Waals surface area contributed by atoms with E-state index in [1.807, 2.05) is 18.5 Å². The number of nitriles is 1. The molecule has 0 radical (unpaired) electrons. The van der Waals surface area contributed by atoms with Crippen molar-refractivity contribution < 1.29 is 4.43 Å². The predicted molar refractivity (Wildman–Crippen MR) is 190 cm³/mol. The zero-order valence-electron chi connectivity index (χ0n) is 28.9. The van der Waals surface area contributed by atoms with E-state index >= 15 is 0 Å². The standard InChI is InChI=1S/C36H55N7OSSi/c1-35(2,3)46(5,6)44-30-11-9-24(10-12-30)20-39-31-27-14-25-15-28(31)18-36(16-25,17-27)23-42-32-29(19-37)22-41-34(43-32)40-21-26-8-7-13-38-33(26)45-4/h7-8,13,22,24-25,27-28,30-31,39H,9-12,14-18,20-21,23H2,1-6H3,(H2,40,41,42,43)/t24?,25?,27-,28+,30?,31?,36?. The molecule has 2 heterocycles. The largest absolute Gasteiger partial charge is 0.414 e. The third-order valence-corrected chi connectivity index (χ3v) is 17.4. The highest BCUT2D eigenvalue weighted by atomic mass is 32.2. The molecule has 0 amide bonds. The molecule has 250 valence electrons.